The molecule has 0 unspecified atom stereocenters. The van der Waals surface area contributed by atoms with Crippen molar-refractivity contribution >= 4 is 23.4 Å². The normalized spacial score (nSPS) is 17.7. The highest BCUT2D eigenvalue weighted by molar-refractivity contribution is 5.92. The van der Waals surface area contributed by atoms with Gasteiger partial charge in [0, 0.05) is 30.4 Å². The third kappa shape index (κ3) is 3.94. The zero-order valence-electron chi connectivity index (χ0n) is 15.5. The second-order valence-electron chi connectivity index (χ2n) is 7.16. The monoisotopic (exact) mass is 381 g/mol. The molecule has 0 aromatic heterocycles. The topological polar surface area (TPSA) is 82.1 Å². The Hall–Kier alpha value is -3.06. The van der Waals surface area contributed by atoms with Crippen LogP contribution in [0.2, 0.25) is 0 Å². The van der Waals surface area contributed by atoms with Crippen molar-refractivity contribution < 1.29 is 19.4 Å². The van der Waals surface area contributed by atoms with Gasteiger partial charge in [0.05, 0.1) is 12.2 Å². The number of nitrogens with zero attached hydrogens (tertiary/aromatic N) is 2. The number of para-hydroxylation sites is 1. The number of piperidine rings is 1. The number of hydrogen-bond donors (Lipinski definition) is 2. The summed E-state index contributed by atoms with van der Waals surface area (Å²) >= 11 is 0. The van der Waals surface area contributed by atoms with Crippen LogP contribution in [0.5, 0.6) is 5.75 Å². The number of rotatable bonds is 4. The summed E-state index contributed by atoms with van der Waals surface area (Å²) in [5.41, 5.74) is 2.62. The Bertz CT molecular complexity index is 860. The molecule has 0 saturated carbocycles. The van der Waals surface area contributed by atoms with Gasteiger partial charge in [0.25, 0.3) is 0 Å². The smallest absolute Gasteiger partial charge is 0.414 e. The average molecular weight is 381 g/mol. The highest BCUT2D eigenvalue weighted by Gasteiger charge is 2.34. The van der Waals surface area contributed by atoms with Gasteiger partial charge < -0.3 is 15.2 Å². The van der Waals surface area contributed by atoms with E-state index >= 15 is 0 Å². The van der Waals surface area contributed by atoms with E-state index in [4.69, 9.17) is 4.74 Å². The maximum atomic E-state index is 12.4. The first kappa shape index (κ1) is 18.3. The van der Waals surface area contributed by atoms with E-state index in [1.807, 2.05) is 24.3 Å². The van der Waals surface area contributed by atoms with Crippen LogP contribution in [0.4, 0.5) is 16.2 Å². The van der Waals surface area contributed by atoms with E-state index in [1.54, 1.807) is 17.0 Å². The number of carbonyl (C=O) groups is 2. The van der Waals surface area contributed by atoms with Crippen molar-refractivity contribution in [2.24, 2.45) is 0 Å². The number of hydrogen-bond acceptors (Lipinski definition) is 5. The van der Waals surface area contributed by atoms with Crippen LogP contribution in [-0.4, -0.2) is 47.7 Å². The SMILES string of the molecule is O=C(CN1CCC(N2C(=O)OCc3ccccc32)CC1)Nc1ccc(O)cc1. The van der Waals surface area contributed by atoms with Crippen LogP contribution in [0.1, 0.15) is 18.4 Å². The average Bonchev–Trinajstić information content (AvgIpc) is 2.70. The Balaban J connectivity index is 1.33. The predicted octanol–water partition coefficient (Wildman–Crippen LogP) is 2.95. The first-order valence-corrected chi connectivity index (χ1v) is 9.45. The first-order valence-electron chi connectivity index (χ1n) is 9.45. The van der Waals surface area contributed by atoms with Gasteiger partial charge in [-0.3, -0.25) is 14.6 Å². The molecule has 2 aromatic carbocycles. The molecule has 0 radical (unpaired) electrons. The number of phenolic OH excluding ortho intramolecular Hbond substituents is 1. The number of likely N-dealkylation sites (tertiary alicyclic amines) is 1. The summed E-state index contributed by atoms with van der Waals surface area (Å²) in [6.45, 7) is 2.09. The number of nitrogens with one attached hydrogen (secondary N) is 1. The van der Waals surface area contributed by atoms with E-state index in [1.165, 1.54) is 12.1 Å². The van der Waals surface area contributed by atoms with Gasteiger partial charge >= 0.3 is 6.09 Å². The molecule has 0 aliphatic carbocycles. The van der Waals surface area contributed by atoms with E-state index in [0.29, 0.717) is 18.8 Å². The fourth-order valence-electron chi connectivity index (χ4n) is 3.81. The molecule has 2 aromatic rings. The summed E-state index contributed by atoms with van der Waals surface area (Å²) in [4.78, 5) is 28.5. The minimum atomic E-state index is -0.290. The van der Waals surface area contributed by atoms with E-state index in [-0.39, 0.29) is 23.8 Å². The van der Waals surface area contributed by atoms with Gasteiger partial charge in [-0.1, -0.05) is 18.2 Å². The second-order valence-corrected chi connectivity index (χ2v) is 7.16. The number of benzene rings is 2. The second kappa shape index (κ2) is 7.90. The van der Waals surface area contributed by atoms with Crippen molar-refractivity contribution in [3.05, 3.63) is 54.1 Å². The molecule has 0 atom stereocenters. The van der Waals surface area contributed by atoms with Crippen LogP contribution in [0.25, 0.3) is 0 Å². The van der Waals surface area contributed by atoms with Gasteiger partial charge in [-0.25, -0.2) is 4.79 Å². The molecule has 2 heterocycles. The Kier molecular flexibility index (Phi) is 5.16. The molecular weight excluding hydrogens is 358 g/mol. The molecule has 0 bridgehead atoms. The summed E-state index contributed by atoms with van der Waals surface area (Å²) in [5, 5.41) is 12.1. The lowest BCUT2D eigenvalue weighted by molar-refractivity contribution is -0.117. The van der Waals surface area contributed by atoms with Gasteiger partial charge in [0.2, 0.25) is 5.91 Å². The molecule has 2 amide bonds. The van der Waals surface area contributed by atoms with E-state index in [0.717, 1.165) is 37.2 Å². The van der Waals surface area contributed by atoms with Crippen molar-refractivity contribution in [2.45, 2.75) is 25.5 Å². The van der Waals surface area contributed by atoms with Gasteiger partial charge in [-0.15, -0.1) is 0 Å². The van der Waals surface area contributed by atoms with Gasteiger partial charge in [-0.05, 0) is 43.2 Å². The molecule has 0 spiro atoms. The van der Waals surface area contributed by atoms with Gasteiger partial charge in [0.15, 0.2) is 0 Å². The summed E-state index contributed by atoms with van der Waals surface area (Å²) in [6, 6.07) is 14.3. The first-order chi connectivity index (χ1) is 13.6. The molecule has 7 heteroatoms. The number of amides is 2. The van der Waals surface area contributed by atoms with Crippen LogP contribution < -0.4 is 10.2 Å². The lowest BCUT2D eigenvalue weighted by Gasteiger charge is -2.40. The maximum Gasteiger partial charge on any atom is 0.414 e. The number of ether oxygens (including phenoxy) is 1. The Morgan fingerprint density at radius 2 is 1.82 bits per heavy atom. The van der Waals surface area contributed by atoms with Gasteiger partial charge in [0.1, 0.15) is 12.4 Å². The van der Waals surface area contributed by atoms with E-state index in [9.17, 15) is 14.7 Å². The molecule has 2 aliphatic rings. The third-order valence-electron chi connectivity index (χ3n) is 5.24. The molecule has 7 nitrogen and oxygen atoms in total. The Labute approximate surface area is 163 Å². The fourth-order valence-corrected chi connectivity index (χ4v) is 3.81. The van der Waals surface area contributed by atoms with Crippen LogP contribution in [0.15, 0.2) is 48.5 Å². The zero-order chi connectivity index (χ0) is 19.5. The standard InChI is InChI=1S/C21H23N3O4/c25-18-7-5-16(6-8-18)22-20(26)13-23-11-9-17(10-12-23)24-19-4-2-1-3-15(19)14-28-21(24)27/h1-8,17,25H,9-14H2,(H,22,26). The minimum Gasteiger partial charge on any atom is -0.508 e. The van der Waals surface area contributed by atoms with Crippen LogP contribution in [0, 0.1) is 0 Å². The summed E-state index contributed by atoms with van der Waals surface area (Å²) in [7, 11) is 0. The highest BCUT2D eigenvalue weighted by atomic mass is 16.6. The van der Waals surface area contributed by atoms with Crippen molar-refractivity contribution in [1.29, 1.82) is 0 Å². The summed E-state index contributed by atoms with van der Waals surface area (Å²) < 4.78 is 5.33. The largest absolute Gasteiger partial charge is 0.508 e. The van der Waals surface area contributed by atoms with Crippen molar-refractivity contribution in [3.63, 3.8) is 0 Å². The number of cyclic esters (lactones) is 1. The molecule has 28 heavy (non-hydrogen) atoms. The molecular formula is C21H23N3O4. The molecule has 1 fully saturated rings. The highest BCUT2D eigenvalue weighted by Crippen LogP contribution is 2.31. The molecule has 1 saturated heterocycles. The number of phenols is 1. The number of anilines is 2. The lowest BCUT2D eigenvalue weighted by atomic mass is 10.0. The fraction of sp³-hybridized carbons (Fsp3) is 0.333. The number of fused-ring (bicyclic) bond motifs is 1. The van der Waals surface area contributed by atoms with E-state index < -0.39 is 0 Å². The lowest BCUT2D eigenvalue weighted by Crippen LogP contribution is -2.50. The molecule has 2 aliphatic heterocycles. The van der Waals surface area contributed by atoms with Crippen molar-refractivity contribution in [2.75, 3.05) is 29.9 Å². The summed E-state index contributed by atoms with van der Waals surface area (Å²) in [5.74, 6) is 0.0738. The molecule has 2 N–H and O–H groups in total. The molecule has 4 rings (SSSR count). The third-order valence-corrected chi connectivity index (χ3v) is 5.24. The number of carbonyl (C=O) groups excluding carboxylic acids is 2. The Morgan fingerprint density at radius 1 is 1.11 bits per heavy atom. The predicted molar refractivity (Wildman–Crippen MR) is 105 cm³/mol. The van der Waals surface area contributed by atoms with Gasteiger partial charge in [-0.2, -0.15) is 0 Å². The quantitative estimate of drug-likeness (QED) is 0.796. The Morgan fingerprint density at radius 3 is 2.57 bits per heavy atom. The van der Waals surface area contributed by atoms with Crippen LogP contribution >= 0.6 is 0 Å². The number of aromatic hydroxyl groups is 1. The molecule has 146 valence electrons. The van der Waals surface area contributed by atoms with Crippen LogP contribution in [0.3, 0.4) is 0 Å². The zero-order valence-corrected chi connectivity index (χ0v) is 15.5. The summed E-state index contributed by atoms with van der Waals surface area (Å²) in [6.07, 6.45) is 1.29. The van der Waals surface area contributed by atoms with Crippen molar-refractivity contribution in [1.82, 2.24) is 4.90 Å². The van der Waals surface area contributed by atoms with Crippen LogP contribution in [-0.2, 0) is 16.1 Å². The maximum absolute atomic E-state index is 12.4. The minimum absolute atomic E-state index is 0.0744. The van der Waals surface area contributed by atoms with Crippen molar-refractivity contribution in [3.8, 4) is 5.75 Å². The van der Waals surface area contributed by atoms with E-state index in [2.05, 4.69) is 10.2 Å².